The van der Waals surface area contributed by atoms with E-state index in [-0.39, 0.29) is 83.0 Å². The summed E-state index contributed by atoms with van der Waals surface area (Å²) in [5, 5.41) is 0. The van der Waals surface area contributed by atoms with Gasteiger partial charge in [0.2, 0.25) is 0 Å². The van der Waals surface area contributed by atoms with Gasteiger partial charge >= 0.3 is 29.8 Å². The molecule has 0 aliphatic heterocycles. The molecule has 0 spiro atoms. The number of hydrogen-bond acceptors (Lipinski definition) is 10. The lowest BCUT2D eigenvalue weighted by atomic mass is 9.80. The summed E-state index contributed by atoms with van der Waals surface area (Å²) in [7, 11) is 0. The quantitative estimate of drug-likeness (QED) is 0.0189. The summed E-state index contributed by atoms with van der Waals surface area (Å²) < 4.78 is 27.3. The third kappa shape index (κ3) is 41.3. The Morgan fingerprint density at radius 2 is 0.355 bits per heavy atom. The fourth-order valence-electron chi connectivity index (χ4n) is 15.4. The van der Waals surface area contributed by atoms with Gasteiger partial charge in [-0.15, -0.1) is 0 Å². The Morgan fingerprint density at radius 1 is 0.227 bits per heavy atom. The van der Waals surface area contributed by atoms with E-state index in [1.54, 1.807) is 121 Å². The highest BCUT2D eigenvalue weighted by atomic mass is 32.1. The summed E-state index contributed by atoms with van der Waals surface area (Å²) >= 11 is 25.1. The number of benzene rings is 5. The topological polar surface area (TPSA) is 132 Å². The van der Waals surface area contributed by atoms with Crippen LogP contribution in [0.2, 0.25) is 0 Å². The zero-order valence-corrected chi connectivity index (χ0v) is 70.4. The van der Waals surface area contributed by atoms with Gasteiger partial charge in [0.25, 0.3) is 0 Å². The van der Waals surface area contributed by atoms with Gasteiger partial charge < -0.3 is 23.7 Å². The monoisotopic (exact) mass is 1630 g/mol. The van der Waals surface area contributed by atoms with Crippen LogP contribution in [-0.4, -0.2) is 29.8 Å². The first kappa shape index (κ1) is 102. The molecule has 5 saturated carbocycles. The normalized spacial score (nSPS) is 21.0. The van der Waals surface area contributed by atoms with Gasteiger partial charge in [0, 0.05) is 24.5 Å². The van der Waals surface area contributed by atoms with Crippen molar-refractivity contribution >= 4 is 93.0 Å². The fraction of sp³-hybridized carbons (Fsp3) is 0.611. The predicted octanol–water partition coefficient (Wildman–Crippen LogP) is 28.4. The number of rotatable bonds is 30. The summed E-state index contributed by atoms with van der Waals surface area (Å²) in [6.07, 6.45) is 48.0. The van der Waals surface area contributed by atoms with E-state index in [4.69, 9.17) is 86.8 Å². The van der Waals surface area contributed by atoms with E-state index in [0.29, 0.717) is 28.7 Å². The molecule has 5 aromatic rings. The van der Waals surface area contributed by atoms with Crippen LogP contribution < -0.4 is 23.7 Å². The highest BCUT2D eigenvalue weighted by Crippen LogP contribution is 2.39. The van der Waals surface area contributed by atoms with Crippen molar-refractivity contribution in [1.82, 2.24) is 0 Å². The van der Waals surface area contributed by atoms with Crippen molar-refractivity contribution in [3.05, 3.63) is 121 Å². The van der Waals surface area contributed by atoms with E-state index >= 15 is 0 Å². The van der Waals surface area contributed by atoms with Crippen LogP contribution in [0.5, 0.6) is 28.7 Å². The van der Waals surface area contributed by atoms with Gasteiger partial charge in [-0.05, 0) is 279 Å². The first-order valence-electron chi connectivity index (χ1n) is 40.9. The van der Waals surface area contributed by atoms with Crippen molar-refractivity contribution in [3.8, 4) is 28.7 Å². The van der Waals surface area contributed by atoms with Gasteiger partial charge in [-0.3, -0.25) is 47.5 Å². The molecule has 0 bridgehead atoms. The Hall–Kier alpha value is -5.80. The first-order valence-corrected chi connectivity index (χ1v) is 42.9. The lowest BCUT2D eigenvalue weighted by Crippen LogP contribution is -2.25. The molecule has 0 aromatic heterocycles. The van der Waals surface area contributed by atoms with Gasteiger partial charge in [-0.25, -0.2) is 0 Å². The summed E-state index contributed by atoms with van der Waals surface area (Å²) in [4.78, 5) is 64.7. The molecule has 5 aliphatic rings. The van der Waals surface area contributed by atoms with Crippen LogP contribution in [0, 0.1) is 59.2 Å². The average Bonchev–Trinajstić information content (AvgIpc) is 0.888. The van der Waals surface area contributed by atoms with Crippen molar-refractivity contribution in [2.75, 3.05) is 0 Å². The van der Waals surface area contributed by atoms with E-state index in [1.807, 2.05) is 0 Å². The molecule has 5 fully saturated rings. The number of carbonyl (C=O) groups is 5. The molecular formula is C90H130F5O10S5. The third-order valence-corrected chi connectivity index (χ3v) is 23.6. The number of unbranched alkanes of at least 4 members (excludes halogenated alkanes) is 10. The Bertz CT molecular complexity index is 2690. The zero-order chi connectivity index (χ0) is 75.4. The Labute approximate surface area is 684 Å². The molecule has 0 atom stereocenters. The van der Waals surface area contributed by atoms with Gasteiger partial charge in [0.05, 0.1) is 29.6 Å². The molecule has 0 amide bonds. The van der Waals surface area contributed by atoms with Crippen LogP contribution in [0.15, 0.2) is 146 Å². The van der Waals surface area contributed by atoms with Crippen LogP contribution in [0.3, 0.4) is 0 Å². The van der Waals surface area contributed by atoms with Gasteiger partial charge in [0.15, 0.2) is 0 Å². The zero-order valence-electron chi connectivity index (χ0n) is 66.3. The Balaban J connectivity index is 0.000000680. The molecule has 5 aliphatic carbocycles. The minimum Gasteiger partial charge on any atom is -0.426 e. The SMILES string of the molecule is CCCCCC1CCC(C(=O)Oc2ccc([S])cc2)CC1.CCCCCC1CCC(C(=O)Oc2ccc([S])cc2)CC1.CCCCCC1CCC(C(=O)Oc2ccc([S])cc2)CC1.CCCCCC1CCC(C(=O)Oc2ccc([S])cc2)CC1.CCCCCC1CCC(C(=O)Oc2ccc([S])cc2)CC1.F.F.F.F.F. The summed E-state index contributed by atoms with van der Waals surface area (Å²) in [6, 6.07) is 35.7. The van der Waals surface area contributed by atoms with Crippen molar-refractivity contribution in [1.29, 1.82) is 0 Å². The van der Waals surface area contributed by atoms with Gasteiger partial charge in [-0.1, -0.05) is 226 Å². The standard InChI is InChI=1S/5C18H25O2S.5FH/c5*1-2-3-4-5-14-6-8-15(9-7-14)18(19)20-16-10-12-17(21)13-11-16;;;;;/h5*10-15H,2-9H2,1H3;5*1H. The maximum Gasteiger partial charge on any atom is 0.314 e. The van der Waals surface area contributed by atoms with Crippen LogP contribution in [0.1, 0.15) is 291 Å². The van der Waals surface area contributed by atoms with Gasteiger partial charge in [-0.2, -0.15) is 0 Å². The van der Waals surface area contributed by atoms with Crippen molar-refractivity contribution in [2.24, 2.45) is 59.2 Å². The number of carbonyl (C=O) groups excluding carboxylic acids is 5. The maximum atomic E-state index is 12.2. The number of ether oxygens (including phenoxy) is 5. The van der Waals surface area contributed by atoms with Crippen LogP contribution in [0.4, 0.5) is 23.5 Å². The third-order valence-electron chi connectivity index (χ3n) is 22.2. The second-order valence-corrected chi connectivity index (χ2v) is 32.9. The smallest absolute Gasteiger partial charge is 0.314 e. The molecule has 615 valence electrons. The second kappa shape index (κ2) is 59.9. The van der Waals surface area contributed by atoms with Crippen LogP contribution in [0.25, 0.3) is 0 Å². The molecule has 10 nitrogen and oxygen atoms in total. The summed E-state index contributed by atoms with van der Waals surface area (Å²) in [5.41, 5.74) is 0. The highest BCUT2D eigenvalue weighted by Gasteiger charge is 2.32. The molecule has 0 saturated heterocycles. The minimum absolute atomic E-state index is 0. The van der Waals surface area contributed by atoms with E-state index in [2.05, 4.69) is 34.6 Å². The van der Waals surface area contributed by atoms with E-state index in [1.165, 1.54) is 193 Å². The van der Waals surface area contributed by atoms with Crippen molar-refractivity contribution in [2.45, 2.75) is 316 Å². The summed E-state index contributed by atoms with van der Waals surface area (Å²) in [5.74, 6) is 7.19. The summed E-state index contributed by atoms with van der Waals surface area (Å²) in [6.45, 7) is 11.2. The molecule has 0 N–H and O–H groups in total. The van der Waals surface area contributed by atoms with E-state index < -0.39 is 0 Å². The first-order chi connectivity index (χ1) is 50.9. The van der Waals surface area contributed by atoms with Crippen molar-refractivity contribution < 1.29 is 71.2 Å². The number of halogens is 5. The molecule has 0 heterocycles. The number of esters is 5. The van der Waals surface area contributed by atoms with Crippen LogP contribution in [-0.2, 0) is 24.0 Å². The van der Waals surface area contributed by atoms with Crippen LogP contribution >= 0.6 is 63.1 Å². The molecule has 5 radical (unpaired) electrons. The molecular weight excluding hydrogens is 1500 g/mol. The second-order valence-electron chi connectivity index (χ2n) is 30.5. The highest BCUT2D eigenvalue weighted by molar-refractivity contribution is 7.81. The largest absolute Gasteiger partial charge is 0.426 e. The van der Waals surface area contributed by atoms with Crippen molar-refractivity contribution in [3.63, 3.8) is 0 Å². The van der Waals surface area contributed by atoms with E-state index in [9.17, 15) is 24.0 Å². The minimum atomic E-state index is -0.0703. The predicted molar refractivity (Wildman–Crippen MR) is 450 cm³/mol. The fourth-order valence-corrected chi connectivity index (χ4v) is 16.1. The average molecular weight is 1630 g/mol. The molecule has 110 heavy (non-hydrogen) atoms. The lowest BCUT2D eigenvalue weighted by Gasteiger charge is -2.27. The Kier molecular flexibility index (Phi) is 55.6. The molecule has 10 rings (SSSR count). The molecule has 20 heteroatoms. The van der Waals surface area contributed by atoms with Gasteiger partial charge in [0.1, 0.15) is 28.7 Å². The lowest BCUT2D eigenvalue weighted by molar-refractivity contribution is -0.141. The maximum absolute atomic E-state index is 12.2. The Morgan fingerprint density at radius 3 is 0.473 bits per heavy atom. The molecule has 0 unspecified atom stereocenters. The number of hydrogen-bond donors (Lipinski definition) is 0. The van der Waals surface area contributed by atoms with E-state index in [0.717, 1.165) is 118 Å². The molecule has 5 aromatic carbocycles.